The van der Waals surface area contributed by atoms with Gasteiger partial charge in [-0.15, -0.1) is 0 Å². The predicted molar refractivity (Wildman–Crippen MR) is 71.3 cm³/mol. The lowest BCUT2D eigenvalue weighted by Crippen LogP contribution is -2.46. The highest BCUT2D eigenvalue weighted by Crippen LogP contribution is 2.40. The number of aryl methyl sites for hydroxylation is 1. The molecule has 1 atom stereocenters. The molecule has 20 heavy (non-hydrogen) atoms. The van der Waals surface area contributed by atoms with Gasteiger partial charge < -0.3 is 15.1 Å². The summed E-state index contributed by atoms with van der Waals surface area (Å²) in [6.07, 6.45) is 2.14. The summed E-state index contributed by atoms with van der Waals surface area (Å²) in [5, 5.41) is 5.53. The minimum atomic E-state index is -0.538. The lowest BCUT2D eigenvalue weighted by molar-refractivity contribution is -0.121. The maximum absolute atomic E-state index is 12.3. The summed E-state index contributed by atoms with van der Waals surface area (Å²) in [5.41, 5.74) is 0.278. The number of oxazole rings is 1. The molecule has 1 aromatic heterocycles. The summed E-state index contributed by atoms with van der Waals surface area (Å²) >= 11 is 0. The molecule has 6 heteroatoms. The summed E-state index contributed by atoms with van der Waals surface area (Å²) in [6, 6.07) is -0.538. The second kappa shape index (κ2) is 4.33. The van der Waals surface area contributed by atoms with E-state index in [2.05, 4.69) is 15.6 Å². The largest absolute Gasteiger partial charge is 0.435 e. The maximum Gasteiger partial charge on any atom is 0.289 e. The molecule has 1 aliphatic heterocycles. The second-order valence-electron chi connectivity index (χ2n) is 6.35. The Hall–Kier alpha value is -1.85. The normalized spacial score (nSPS) is 24.6. The molecule has 0 bridgehead atoms. The standard InChI is InChI=1S/C14H19N3O3/c1-7-9(20-13(16-7)8-4-5-8)11(18)17-10-12(19)15-6-14(10,2)3/h8,10H,4-6H2,1-3H3,(H,15,19)(H,17,18). The molecule has 1 unspecified atom stereocenters. The molecule has 2 N–H and O–H groups in total. The SMILES string of the molecule is Cc1nc(C2CC2)oc1C(=O)NC1C(=O)NCC1(C)C. The van der Waals surface area contributed by atoms with Crippen molar-refractivity contribution in [2.75, 3.05) is 6.54 Å². The molecule has 0 radical (unpaired) electrons. The minimum Gasteiger partial charge on any atom is -0.435 e. The Morgan fingerprint density at radius 2 is 2.15 bits per heavy atom. The Bertz CT molecular complexity index is 572. The van der Waals surface area contributed by atoms with E-state index >= 15 is 0 Å². The lowest BCUT2D eigenvalue weighted by atomic mass is 9.87. The Labute approximate surface area is 117 Å². The first-order valence-corrected chi connectivity index (χ1v) is 6.94. The zero-order valence-electron chi connectivity index (χ0n) is 11.9. The van der Waals surface area contributed by atoms with Crippen LogP contribution >= 0.6 is 0 Å². The van der Waals surface area contributed by atoms with Crippen molar-refractivity contribution in [1.82, 2.24) is 15.6 Å². The topological polar surface area (TPSA) is 84.2 Å². The molecule has 2 amide bonds. The van der Waals surface area contributed by atoms with Gasteiger partial charge in [-0.1, -0.05) is 13.8 Å². The van der Waals surface area contributed by atoms with Gasteiger partial charge in [0.1, 0.15) is 6.04 Å². The van der Waals surface area contributed by atoms with Crippen molar-refractivity contribution >= 4 is 11.8 Å². The summed E-state index contributed by atoms with van der Waals surface area (Å²) in [6.45, 7) is 6.20. The predicted octanol–water partition coefficient (Wildman–Crippen LogP) is 1.11. The monoisotopic (exact) mass is 277 g/mol. The molecule has 1 aromatic rings. The van der Waals surface area contributed by atoms with Gasteiger partial charge in [0.05, 0.1) is 5.69 Å². The van der Waals surface area contributed by atoms with Crippen molar-refractivity contribution < 1.29 is 14.0 Å². The smallest absolute Gasteiger partial charge is 0.289 e. The number of carbonyl (C=O) groups excluding carboxylic acids is 2. The number of hydrogen-bond donors (Lipinski definition) is 2. The molecule has 2 heterocycles. The van der Waals surface area contributed by atoms with Gasteiger partial charge in [0, 0.05) is 17.9 Å². The van der Waals surface area contributed by atoms with Crippen LogP contribution < -0.4 is 10.6 Å². The van der Waals surface area contributed by atoms with Gasteiger partial charge in [0.2, 0.25) is 11.7 Å². The van der Waals surface area contributed by atoms with Gasteiger partial charge in [-0.25, -0.2) is 4.98 Å². The molecular formula is C14H19N3O3. The summed E-state index contributed by atoms with van der Waals surface area (Å²) in [5.74, 6) is 0.714. The van der Waals surface area contributed by atoms with E-state index in [9.17, 15) is 9.59 Å². The van der Waals surface area contributed by atoms with Gasteiger partial charge in [-0.2, -0.15) is 0 Å². The summed E-state index contributed by atoms with van der Waals surface area (Å²) in [7, 11) is 0. The van der Waals surface area contributed by atoms with Crippen molar-refractivity contribution in [2.24, 2.45) is 5.41 Å². The quantitative estimate of drug-likeness (QED) is 0.867. The number of nitrogens with one attached hydrogen (secondary N) is 2. The van der Waals surface area contributed by atoms with Crippen molar-refractivity contribution in [1.29, 1.82) is 0 Å². The average molecular weight is 277 g/mol. The zero-order valence-corrected chi connectivity index (χ0v) is 11.9. The van der Waals surface area contributed by atoms with E-state index in [-0.39, 0.29) is 23.0 Å². The van der Waals surface area contributed by atoms with Crippen molar-refractivity contribution in [3.63, 3.8) is 0 Å². The molecule has 2 fully saturated rings. The van der Waals surface area contributed by atoms with Crippen LogP contribution in [0.25, 0.3) is 0 Å². The molecule has 6 nitrogen and oxygen atoms in total. The van der Waals surface area contributed by atoms with Crippen LogP contribution in [0.5, 0.6) is 0 Å². The highest BCUT2D eigenvalue weighted by Gasteiger charge is 2.43. The van der Waals surface area contributed by atoms with E-state index in [0.717, 1.165) is 12.8 Å². The van der Waals surface area contributed by atoms with Crippen LogP contribution in [0, 0.1) is 12.3 Å². The fourth-order valence-electron chi connectivity index (χ4n) is 2.46. The first-order chi connectivity index (χ1) is 9.38. The third-order valence-corrected chi connectivity index (χ3v) is 3.98. The molecular weight excluding hydrogens is 258 g/mol. The van der Waals surface area contributed by atoms with Crippen LogP contribution in [0.4, 0.5) is 0 Å². The number of amides is 2. The Morgan fingerprint density at radius 1 is 1.45 bits per heavy atom. The van der Waals surface area contributed by atoms with Crippen molar-refractivity contribution in [3.8, 4) is 0 Å². The summed E-state index contributed by atoms with van der Waals surface area (Å²) < 4.78 is 5.56. The number of rotatable bonds is 3. The van der Waals surface area contributed by atoms with E-state index in [1.807, 2.05) is 13.8 Å². The van der Waals surface area contributed by atoms with Crippen LogP contribution in [-0.2, 0) is 4.79 Å². The first-order valence-electron chi connectivity index (χ1n) is 6.94. The molecule has 3 rings (SSSR count). The zero-order chi connectivity index (χ0) is 14.5. The lowest BCUT2D eigenvalue weighted by Gasteiger charge is -2.23. The Morgan fingerprint density at radius 3 is 2.70 bits per heavy atom. The fraction of sp³-hybridized carbons (Fsp3) is 0.643. The van der Waals surface area contributed by atoms with E-state index in [4.69, 9.17) is 4.42 Å². The first kappa shape index (κ1) is 13.1. The van der Waals surface area contributed by atoms with Crippen LogP contribution in [0.2, 0.25) is 0 Å². The Balaban J connectivity index is 1.77. The van der Waals surface area contributed by atoms with E-state index in [1.54, 1.807) is 6.92 Å². The molecule has 1 saturated heterocycles. The average Bonchev–Trinajstić information content (AvgIpc) is 3.11. The second-order valence-corrected chi connectivity index (χ2v) is 6.35. The number of nitrogens with zero attached hydrogens (tertiary/aromatic N) is 1. The third kappa shape index (κ3) is 2.19. The van der Waals surface area contributed by atoms with Crippen molar-refractivity contribution in [3.05, 3.63) is 17.3 Å². The molecule has 108 valence electrons. The van der Waals surface area contributed by atoms with E-state index in [0.29, 0.717) is 24.0 Å². The van der Waals surface area contributed by atoms with Crippen LogP contribution in [0.15, 0.2) is 4.42 Å². The molecule has 0 aromatic carbocycles. The number of carbonyl (C=O) groups is 2. The fourth-order valence-corrected chi connectivity index (χ4v) is 2.46. The highest BCUT2D eigenvalue weighted by atomic mass is 16.4. The van der Waals surface area contributed by atoms with Crippen LogP contribution in [0.1, 0.15) is 54.7 Å². The van der Waals surface area contributed by atoms with Crippen LogP contribution in [0.3, 0.4) is 0 Å². The van der Waals surface area contributed by atoms with E-state index < -0.39 is 6.04 Å². The minimum absolute atomic E-state index is 0.150. The van der Waals surface area contributed by atoms with Gasteiger partial charge in [0.25, 0.3) is 5.91 Å². The third-order valence-electron chi connectivity index (χ3n) is 3.98. The van der Waals surface area contributed by atoms with Gasteiger partial charge in [-0.05, 0) is 19.8 Å². The number of aromatic nitrogens is 1. The Kier molecular flexibility index (Phi) is 2.84. The molecule has 1 aliphatic carbocycles. The molecule has 1 saturated carbocycles. The van der Waals surface area contributed by atoms with Gasteiger partial charge in [-0.3, -0.25) is 9.59 Å². The molecule has 2 aliphatic rings. The highest BCUT2D eigenvalue weighted by molar-refractivity contribution is 5.97. The maximum atomic E-state index is 12.3. The van der Waals surface area contributed by atoms with Gasteiger partial charge >= 0.3 is 0 Å². The van der Waals surface area contributed by atoms with Crippen molar-refractivity contribution in [2.45, 2.75) is 45.6 Å². The van der Waals surface area contributed by atoms with Crippen LogP contribution in [-0.4, -0.2) is 29.4 Å². The summed E-state index contributed by atoms with van der Waals surface area (Å²) in [4.78, 5) is 28.4. The number of hydrogen-bond acceptors (Lipinski definition) is 4. The van der Waals surface area contributed by atoms with Gasteiger partial charge in [0.15, 0.2) is 5.89 Å². The molecule has 0 spiro atoms. The van der Waals surface area contributed by atoms with E-state index in [1.165, 1.54) is 0 Å².